The van der Waals surface area contributed by atoms with E-state index < -0.39 is 69.2 Å². The van der Waals surface area contributed by atoms with Crippen LogP contribution in [0.5, 0.6) is 0 Å². The molecular formula is C41H75O12P. The van der Waals surface area contributed by atoms with Gasteiger partial charge in [-0.3, -0.25) is 14.1 Å². The molecule has 0 aromatic carbocycles. The van der Waals surface area contributed by atoms with Gasteiger partial charge in [0.25, 0.3) is 0 Å². The van der Waals surface area contributed by atoms with Gasteiger partial charge in [0.1, 0.15) is 12.7 Å². The highest BCUT2D eigenvalue weighted by Gasteiger charge is 2.41. The molecule has 2 unspecified atom stereocenters. The van der Waals surface area contributed by atoms with E-state index in [4.69, 9.17) is 23.3 Å². The summed E-state index contributed by atoms with van der Waals surface area (Å²) >= 11 is 0. The molecule has 0 saturated carbocycles. The lowest BCUT2D eigenvalue weighted by atomic mass is 10.0. The highest BCUT2D eigenvalue weighted by molar-refractivity contribution is 7.33. The van der Waals surface area contributed by atoms with Gasteiger partial charge in [0.05, 0.1) is 13.2 Å². The molecule has 1 heterocycles. The smallest absolute Gasteiger partial charge is 0.378 e. The first-order valence-corrected chi connectivity index (χ1v) is 22.6. The molecule has 0 saturated heterocycles. The number of aliphatic hydroxyl groups is 3. The minimum absolute atomic E-state index is 0.174. The Bertz CT molecular complexity index is 1040. The van der Waals surface area contributed by atoms with Gasteiger partial charge in [-0.05, 0) is 12.8 Å². The molecular weight excluding hydrogens is 715 g/mol. The van der Waals surface area contributed by atoms with Gasteiger partial charge in [0, 0.05) is 12.8 Å². The predicted octanol–water partition coefficient (Wildman–Crippen LogP) is 9.88. The lowest BCUT2D eigenvalue weighted by molar-refractivity contribution is -0.161. The zero-order valence-electron chi connectivity index (χ0n) is 33.7. The molecule has 4 atom stereocenters. The molecule has 0 radical (unpaired) electrons. The van der Waals surface area contributed by atoms with E-state index in [1.54, 1.807) is 0 Å². The summed E-state index contributed by atoms with van der Waals surface area (Å²) in [6, 6.07) is 0. The molecule has 0 aliphatic carbocycles. The Hall–Kier alpha value is -2.14. The molecule has 13 heteroatoms. The van der Waals surface area contributed by atoms with Crippen LogP contribution in [0, 0.1) is 0 Å². The number of cyclic esters (lactones) is 1. The SMILES string of the molecule is CCCCCCCCCCCCCCCC(=O)OCC(CO[PH](=O)OC1=C(O)C(=O)O[C@@H]1[C@@H](O)CO)OC(=O)CCCCCCCCCCCCCCC. The Morgan fingerprint density at radius 1 is 0.667 bits per heavy atom. The van der Waals surface area contributed by atoms with Crippen molar-refractivity contribution in [3.05, 3.63) is 11.5 Å². The summed E-state index contributed by atoms with van der Waals surface area (Å²) in [5, 5.41) is 29.1. The van der Waals surface area contributed by atoms with Crippen molar-refractivity contribution in [2.45, 2.75) is 212 Å². The van der Waals surface area contributed by atoms with Crippen molar-refractivity contribution < 1.29 is 57.5 Å². The first kappa shape index (κ1) is 49.9. The van der Waals surface area contributed by atoms with Gasteiger partial charge in [0.15, 0.2) is 18.0 Å². The van der Waals surface area contributed by atoms with E-state index in [1.165, 1.54) is 116 Å². The zero-order valence-corrected chi connectivity index (χ0v) is 34.7. The summed E-state index contributed by atoms with van der Waals surface area (Å²) in [5.41, 5.74) is 0. The number of carbonyl (C=O) groups is 3. The summed E-state index contributed by atoms with van der Waals surface area (Å²) in [6.07, 6.45) is 27.0. The van der Waals surface area contributed by atoms with Crippen molar-refractivity contribution >= 4 is 26.2 Å². The molecule has 0 spiro atoms. The Morgan fingerprint density at radius 3 is 1.50 bits per heavy atom. The molecule has 12 nitrogen and oxygen atoms in total. The van der Waals surface area contributed by atoms with Gasteiger partial charge in [-0.15, -0.1) is 0 Å². The first-order chi connectivity index (χ1) is 26.2. The number of unbranched alkanes of at least 4 members (excludes halogenated alkanes) is 24. The van der Waals surface area contributed by atoms with Crippen LogP contribution >= 0.6 is 8.25 Å². The van der Waals surface area contributed by atoms with Crippen LogP contribution < -0.4 is 0 Å². The van der Waals surface area contributed by atoms with Crippen molar-refractivity contribution in [2.24, 2.45) is 0 Å². The van der Waals surface area contributed by atoms with Gasteiger partial charge in [-0.2, -0.15) is 0 Å². The maximum Gasteiger partial charge on any atom is 0.378 e. The summed E-state index contributed by atoms with van der Waals surface area (Å²) in [7, 11) is -3.47. The van der Waals surface area contributed by atoms with Crippen LogP contribution in [0.1, 0.15) is 194 Å². The van der Waals surface area contributed by atoms with Crippen LogP contribution in [0.3, 0.4) is 0 Å². The highest BCUT2D eigenvalue weighted by Crippen LogP contribution is 2.35. The van der Waals surface area contributed by atoms with Gasteiger partial charge in [0.2, 0.25) is 5.76 Å². The summed E-state index contributed by atoms with van der Waals surface area (Å²) in [6.45, 7) is 2.89. The van der Waals surface area contributed by atoms with E-state index in [1.807, 2.05) is 0 Å². The first-order valence-electron chi connectivity index (χ1n) is 21.4. The molecule has 54 heavy (non-hydrogen) atoms. The number of hydrogen-bond acceptors (Lipinski definition) is 12. The van der Waals surface area contributed by atoms with Crippen LogP contribution in [-0.4, -0.2) is 71.4 Å². The van der Waals surface area contributed by atoms with Gasteiger partial charge in [-0.1, -0.05) is 168 Å². The Balaban J connectivity index is 2.43. The third kappa shape index (κ3) is 25.8. The summed E-state index contributed by atoms with van der Waals surface area (Å²) in [4.78, 5) is 36.9. The van der Waals surface area contributed by atoms with Crippen molar-refractivity contribution in [2.75, 3.05) is 19.8 Å². The molecule has 0 aromatic rings. The Kier molecular flexibility index (Phi) is 31.5. The fraction of sp³-hybridized carbons (Fsp3) is 0.878. The highest BCUT2D eigenvalue weighted by atomic mass is 31.1. The third-order valence-electron chi connectivity index (χ3n) is 9.73. The maximum absolute atomic E-state index is 12.7. The molecule has 3 N–H and O–H groups in total. The second-order valence-electron chi connectivity index (χ2n) is 14.7. The quantitative estimate of drug-likeness (QED) is 0.0234. The number of carbonyl (C=O) groups excluding carboxylic acids is 3. The van der Waals surface area contributed by atoms with Crippen molar-refractivity contribution in [3.63, 3.8) is 0 Å². The normalized spacial score (nSPS) is 15.9. The minimum Gasteiger partial charge on any atom is -0.499 e. The molecule has 0 fully saturated rings. The van der Waals surface area contributed by atoms with Crippen LogP contribution in [0.2, 0.25) is 0 Å². The van der Waals surface area contributed by atoms with E-state index in [-0.39, 0.29) is 19.4 Å². The molecule has 0 amide bonds. The van der Waals surface area contributed by atoms with E-state index in [0.29, 0.717) is 12.8 Å². The molecule has 1 rings (SSSR count). The van der Waals surface area contributed by atoms with Gasteiger partial charge >= 0.3 is 26.2 Å². The number of aliphatic hydroxyl groups excluding tert-OH is 3. The van der Waals surface area contributed by atoms with Crippen molar-refractivity contribution in [1.82, 2.24) is 0 Å². The Labute approximate surface area is 326 Å². The molecule has 316 valence electrons. The Morgan fingerprint density at radius 2 is 1.07 bits per heavy atom. The minimum atomic E-state index is -3.47. The molecule has 1 aliphatic heterocycles. The standard InChI is InChI=1S/C41H75O12P/c1-3-5-7-9-11-13-15-17-19-21-23-25-27-29-36(44)49-32-34(33-50-54(48)53-40-38(46)41(47)52-39(40)35(43)31-42)51-37(45)30-28-26-24-22-20-18-16-14-12-10-8-6-4-2/h34-35,39,42-43,46,54H,3-33H2,1-2H3/t34?,35-,39+/m0/s1. The fourth-order valence-corrected chi connectivity index (χ4v) is 7.16. The lowest BCUT2D eigenvalue weighted by Crippen LogP contribution is -2.32. The summed E-state index contributed by atoms with van der Waals surface area (Å²) < 4.78 is 38.7. The third-order valence-corrected chi connectivity index (χ3v) is 10.5. The maximum atomic E-state index is 12.7. The fourth-order valence-electron chi connectivity index (χ4n) is 6.39. The monoisotopic (exact) mass is 790 g/mol. The zero-order chi connectivity index (χ0) is 39.7. The number of ether oxygens (including phenoxy) is 3. The van der Waals surface area contributed by atoms with Gasteiger partial charge in [-0.25, -0.2) is 9.36 Å². The number of esters is 3. The molecule has 0 bridgehead atoms. The van der Waals surface area contributed by atoms with E-state index >= 15 is 0 Å². The van der Waals surface area contributed by atoms with Crippen LogP contribution in [0.4, 0.5) is 0 Å². The van der Waals surface area contributed by atoms with Crippen molar-refractivity contribution in [1.29, 1.82) is 0 Å². The van der Waals surface area contributed by atoms with E-state index in [0.717, 1.165) is 38.5 Å². The van der Waals surface area contributed by atoms with Crippen LogP contribution in [-0.2, 0) is 42.2 Å². The van der Waals surface area contributed by atoms with Crippen molar-refractivity contribution in [3.8, 4) is 0 Å². The largest absolute Gasteiger partial charge is 0.499 e. The average molecular weight is 791 g/mol. The van der Waals surface area contributed by atoms with Crippen LogP contribution in [0.15, 0.2) is 11.5 Å². The summed E-state index contributed by atoms with van der Waals surface area (Å²) in [5.74, 6) is -3.78. The average Bonchev–Trinajstić information content (AvgIpc) is 3.44. The number of rotatable bonds is 38. The second-order valence-corrected chi connectivity index (χ2v) is 15.7. The van der Waals surface area contributed by atoms with Gasteiger partial charge < -0.3 is 34.1 Å². The number of hydrogen-bond donors (Lipinski definition) is 3. The second kappa shape index (κ2) is 34.1. The molecule has 1 aliphatic rings. The topological polar surface area (TPSA) is 175 Å². The lowest BCUT2D eigenvalue weighted by Gasteiger charge is -2.20. The van der Waals surface area contributed by atoms with E-state index in [9.17, 15) is 34.3 Å². The predicted molar refractivity (Wildman–Crippen MR) is 210 cm³/mol. The van der Waals surface area contributed by atoms with Crippen LogP contribution in [0.25, 0.3) is 0 Å². The molecule has 0 aromatic heterocycles. The van der Waals surface area contributed by atoms with E-state index in [2.05, 4.69) is 13.8 Å².